The van der Waals surface area contributed by atoms with Crippen LogP contribution in [0.15, 0.2) is 42.5 Å². The molecule has 1 aliphatic rings. The van der Waals surface area contributed by atoms with Crippen molar-refractivity contribution in [3.63, 3.8) is 0 Å². The van der Waals surface area contributed by atoms with Gasteiger partial charge in [0, 0.05) is 17.7 Å². The predicted octanol–water partition coefficient (Wildman–Crippen LogP) is 4.45. The zero-order valence-electron chi connectivity index (χ0n) is 18.3. The highest BCUT2D eigenvalue weighted by molar-refractivity contribution is 6.00. The Morgan fingerprint density at radius 1 is 1.03 bits per heavy atom. The fourth-order valence-electron chi connectivity index (χ4n) is 4.13. The molecule has 1 aromatic heterocycles. The van der Waals surface area contributed by atoms with Gasteiger partial charge in [0.2, 0.25) is 0 Å². The first-order chi connectivity index (χ1) is 15.1. The Morgan fingerprint density at radius 3 is 2.42 bits per heavy atom. The molecule has 4 rings (SSSR count). The third-order valence-corrected chi connectivity index (χ3v) is 5.49. The second kappa shape index (κ2) is 8.71. The molecular formula is C24H27N3O4. The van der Waals surface area contributed by atoms with Crippen LogP contribution in [-0.2, 0) is 0 Å². The smallest absolute Gasteiger partial charge is 0.273 e. The predicted molar refractivity (Wildman–Crippen MR) is 118 cm³/mol. The van der Waals surface area contributed by atoms with E-state index in [1.807, 2.05) is 54.3 Å². The maximum atomic E-state index is 13.2. The minimum atomic E-state index is -0.262. The van der Waals surface area contributed by atoms with Crippen LogP contribution < -0.4 is 14.2 Å². The van der Waals surface area contributed by atoms with Gasteiger partial charge in [-0.2, -0.15) is 5.10 Å². The minimum absolute atomic E-state index is 0.0404. The number of nitrogens with one attached hydrogen (secondary N) is 1. The van der Waals surface area contributed by atoms with Gasteiger partial charge in [-0.05, 0) is 55.3 Å². The van der Waals surface area contributed by atoms with E-state index in [4.69, 9.17) is 14.2 Å². The number of ether oxygens (including phenoxy) is 3. The summed E-state index contributed by atoms with van der Waals surface area (Å²) in [6.45, 7) is 5.27. The van der Waals surface area contributed by atoms with Crippen LogP contribution >= 0.6 is 0 Å². The summed E-state index contributed by atoms with van der Waals surface area (Å²) in [5.74, 6) is 2.04. The molecule has 0 bridgehead atoms. The molecule has 0 radical (unpaired) electrons. The van der Waals surface area contributed by atoms with Crippen LogP contribution in [0.4, 0.5) is 0 Å². The molecule has 162 valence electrons. The summed E-state index contributed by atoms with van der Waals surface area (Å²) >= 11 is 0. The standard InChI is InChI=1S/C24H27N3O4/c1-5-13-27-23(16-9-12-18(29-3)19(14-16)30-4)20-21(25-26-22(20)24(27)28)15-7-10-17(11-8-15)31-6-2/h7-12,14,23H,5-6,13H2,1-4H3,(H,25,26)/t23-/m1/s1. The maximum absolute atomic E-state index is 13.2. The lowest BCUT2D eigenvalue weighted by molar-refractivity contribution is 0.0743. The number of hydrogen-bond donors (Lipinski definition) is 1. The fourth-order valence-corrected chi connectivity index (χ4v) is 4.13. The molecule has 31 heavy (non-hydrogen) atoms. The topological polar surface area (TPSA) is 76.7 Å². The summed E-state index contributed by atoms with van der Waals surface area (Å²) in [5.41, 5.74) is 4.07. The van der Waals surface area contributed by atoms with Gasteiger partial charge in [0.1, 0.15) is 11.4 Å². The zero-order chi connectivity index (χ0) is 22.0. The molecule has 0 aliphatic carbocycles. The Hall–Kier alpha value is -3.48. The molecule has 1 aliphatic heterocycles. The molecule has 1 N–H and O–H groups in total. The summed E-state index contributed by atoms with van der Waals surface area (Å²) in [4.78, 5) is 15.1. The third kappa shape index (κ3) is 3.60. The SMILES string of the molecule is CCCN1C(=O)c2[nH]nc(-c3ccc(OCC)cc3)c2[C@H]1c1ccc(OC)c(OC)c1. The van der Waals surface area contributed by atoms with Gasteiger partial charge < -0.3 is 19.1 Å². The van der Waals surface area contributed by atoms with Gasteiger partial charge in [0.15, 0.2) is 11.5 Å². The molecule has 2 heterocycles. The summed E-state index contributed by atoms with van der Waals surface area (Å²) < 4.78 is 16.5. The average Bonchev–Trinajstić information content (AvgIpc) is 3.34. The van der Waals surface area contributed by atoms with Crippen molar-refractivity contribution in [2.24, 2.45) is 0 Å². The van der Waals surface area contributed by atoms with E-state index in [0.717, 1.165) is 34.6 Å². The molecule has 7 heteroatoms. The number of nitrogens with zero attached hydrogens (tertiary/aromatic N) is 2. The molecule has 2 aromatic carbocycles. The summed E-state index contributed by atoms with van der Waals surface area (Å²) in [6.07, 6.45) is 0.853. The minimum Gasteiger partial charge on any atom is -0.494 e. The number of H-pyrrole nitrogens is 1. The van der Waals surface area contributed by atoms with E-state index < -0.39 is 0 Å². The van der Waals surface area contributed by atoms with Crippen molar-refractivity contribution in [2.45, 2.75) is 26.3 Å². The number of amides is 1. The molecule has 0 saturated carbocycles. The molecule has 3 aromatic rings. The zero-order valence-corrected chi connectivity index (χ0v) is 18.3. The third-order valence-electron chi connectivity index (χ3n) is 5.49. The van der Waals surface area contributed by atoms with Crippen LogP contribution in [0.25, 0.3) is 11.3 Å². The van der Waals surface area contributed by atoms with Gasteiger partial charge >= 0.3 is 0 Å². The molecular weight excluding hydrogens is 394 g/mol. The highest BCUT2D eigenvalue weighted by Gasteiger charge is 2.42. The van der Waals surface area contributed by atoms with Gasteiger partial charge in [-0.3, -0.25) is 9.89 Å². The number of benzene rings is 2. The van der Waals surface area contributed by atoms with Gasteiger partial charge in [-0.15, -0.1) is 0 Å². The van der Waals surface area contributed by atoms with E-state index in [2.05, 4.69) is 17.1 Å². The van der Waals surface area contributed by atoms with E-state index in [9.17, 15) is 4.79 Å². The Labute approximate surface area is 181 Å². The Balaban J connectivity index is 1.83. The van der Waals surface area contributed by atoms with Crippen molar-refractivity contribution in [1.82, 2.24) is 15.1 Å². The number of aromatic amines is 1. The summed E-state index contributed by atoms with van der Waals surface area (Å²) in [7, 11) is 3.22. The largest absolute Gasteiger partial charge is 0.494 e. The van der Waals surface area contributed by atoms with E-state index in [1.165, 1.54) is 0 Å². The summed E-state index contributed by atoms with van der Waals surface area (Å²) in [6, 6.07) is 13.3. The highest BCUT2D eigenvalue weighted by Crippen LogP contribution is 2.44. The number of rotatable bonds is 8. The fraction of sp³-hybridized carbons (Fsp3) is 0.333. The number of fused-ring (bicyclic) bond motifs is 1. The van der Waals surface area contributed by atoms with E-state index in [1.54, 1.807) is 14.2 Å². The number of carbonyl (C=O) groups excluding carboxylic acids is 1. The normalized spacial score (nSPS) is 15.2. The monoisotopic (exact) mass is 421 g/mol. The van der Waals surface area contributed by atoms with E-state index >= 15 is 0 Å². The van der Waals surface area contributed by atoms with E-state index in [-0.39, 0.29) is 11.9 Å². The van der Waals surface area contributed by atoms with Crippen LogP contribution in [0.5, 0.6) is 17.2 Å². The van der Waals surface area contributed by atoms with Crippen LogP contribution in [0.1, 0.15) is 47.9 Å². The molecule has 0 fully saturated rings. The van der Waals surface area contributed by atoms with Crippen molar-refractivity contribution in [3.05, 3.63) is 59.3 Å². The van der Waals surface area contributed by atoms with Crippen LogP contribution in [-0.4, -0.2) is 48.4 Å². The molecule has 1 atom stereocenters. The Kier molecular flexibility index (Phi) is 5.84. The first-order valence-corrected chi connectivity index (χ1v) is 10.5. The molecule has 0 spiro atoms. The number of methoxy groups -OCH3 is 2. The van der Waals surface area contributed by atoms with Crippen molar-refractivity contribution < 1.29 is 19.0 Å². The Morgan fingerprint density at radius 2 is 1.77 bits per heavy atom. The van der Waals surface area contributed by atoms with Crippen LogP contribution in [0, 0.1) is 0 Å². The van der Waals surface area contributed by atoms with Gasteiger partial charge in [-0.25, -0.2) is 0 Å². The second-order valence-electron chi connectivity index (χ2n) is 7.33. The van der Waals surface area contributed by atoms with Gasteiger partial charge in [-0.1, -0.05) is 13.0 Å². The van der Waals surface area contributed by atoms with Gasteiger partial charge in [0.05, 0.1) is 32.6 Å². The first kappa shape index (κ1) is 20.8. The van der Waals surface area contributed by atoms with Gasteiger partial charge in [0.25, 0.3) is 5.91 Å². The van der Waals surface area contributed by atoms with Crippen molar-refractivity contribution >= 4 is 5.91 Å². The van der Waals surface area contributed by atoms with Crippen molar-refractivity contribution in [1.29, 1.82) is 0 Å². The lowest BCUT2D eigenvalue weighted by Gasteiger charge is -2.26. The molecule has 0 saturated heterocycles. The lowest BCUT2D eigenvalue weighted by Crippen LogP contribution is -2.30. The van der Waals surface area contributed by atoms with Crippen LogP contribution in [0.3, 0.4) is 0 Å². The average molecular weight is 421 g/mol. The maximum Gasteiger partial charge on any atom is 0.273 e. The van der Waals surface area contributed by atoms with E-state index in [0.29, 0.717) is 30.3 Å². The molecule has 1 amide bonds. The van der Waals surface area contributed by atoms with Crippen molar-refractivity contribution in [3.8, 4) is 28.5 Å². The quantitative estimate of drug-likeness (QED) is 0.582. The first-order valence-electron chi connectivity index (χ1n) is 10.5. The lowest BCUT2D eigenvalue weighted by atomic mass is 9.95. The summed E-state index contributed by atoms with van der Waals surface area (Å²) in [5, 5.41) is 7.50. The molecule has 0 unspecified atom stereocenters. The number of carbonyl (C=O) groups is 1. The molecule has 7 nitrogen and oxygen atoms in total. The highest BCUT2D eigenvalue weighted by atomic mass is 16.5. The number of aromatic nitrogens is 2. The Bertz CT molecular complexity index is 1070. The van der Waals surface area contributed by atoms with Crippen molar-refractivity contribution in [2.75, 3.05) is 27.4 Å². The van der Waals surface area contributed by atoms with Crippen LogP contribution in [0.2, 0.25) is 0 Å². The number of hydrogen-bond acceptors (Lipinski definition) is 5. The second-order valence-corrected chi connectivity index (χ2v) is 7.33.